The molecule has 5 heteroatoms. The Kier molecular flexibility index (Phi) is 5.24. The third kappa shape index (κ3) is 3.50. The van der Waals surface area contributed by atoms with Crippen LogP contribution in [0.1, 0.15) is 10.4 Å². The maximum atomic E-state index is 10.2. The van der Waals surface area contributed by atoms with Crippen molar-refractivity contribution in [3.8, 4) is 0 Å². The number of aromatic nitrogens is 1. The van der Waals surface area contributed by atoms with Gasteiger partial charge in [0.05, 0.1) is 5.97 Å². The second-order valence-electron chi connectivity index (χ2n) is 1.65. The Morgan fingerprint density at radius 3 is 2.64 bits per heavy atom. The molecule has 1 aromatic rings. The second-order valence-corrected chi connectivity index (χ2v) is 2.76. The van der Waals surface area contributed by atoms with Crippen LogP contribution in [0, 0.1) is 3.70 Å². The van der Waals surface area contributed by atoms with Gasteiger partial charge in [-0.3, -0.25) is 4.98 Å². The number of halogens is 1. The van der Waals surface area contributed by atoms with Crippen molar-refractivity contribution in [2.45, 2.75) is 0 Å². The van der Waals surface area contributed by atoms with Crippen LogP contribution in [0.2, 0.25) is 0 Å². The van der Waals surface area contributed by atoms with Crippen molar-refractivity contribution in [1.29, 1.82) is 0 Å². The van der Waals surface area contributed by atoms with Gasteiger partial charge >= 0.3 is 29.6 Å². The third-order valence-electron chi connectivity index (χ3n) is 0.962. The first kappa shape index (κ1) is 11.4. The molecular formula is C6H3INNaO2. The number of carboxylic acid groups (broad SMARTS) is 1. The Labute approximate surface area is 99.6 Å². The molecular weight excluding hydrogens is 268 g/mol. The maximum Gasteiger partial charge on any atom is 1.00 e. The average molecular weight is 271 g/mol. The Balaban J connectivity index is 0.000001000. The quantitative estimate of drug-likeness (QED) is 0.312. The van der Waals surface area contributed by atoms with Crippen molar-refractivity contribution >= 4 is 28.6 Å². The van der Waals surface area contributed by atoms with E-state index in [4.69, 9.17) is 0 Å². The van der Waals surface area contributed by atoms with Gasteiger partial charge in [0.15, 0.2) is 0 Å². The molecule has 11 heavy (non-hydrogen) atoms. The number of hydrogen-bond donors (Lipinski definition) is 0. The third-order valence-corrected chi connectivity index (χ3v) is 1.55. The number of carbonyl (C=O) groups is 1. The summed E-state index contributed by atoms with van der Waals surface area (Å²) >= 11 is 1.94. The summed E-state index contributed by atoms with van der Waals surface area (Å²) in [5.41, 5.74) is 0.166. The summed E-state index contributed by atoms with van der Waals surface area (Å²) < 4.78 is 0.652. The van der Waals surface area contributed by atoms with E-state index < -0.39 is 5.97 Å². The van der Waals surface area contributed by atoms with Crippen molar-refractivity contribution in [3.63, 3.8) is 0 Å². The van der Waals surface area contributed by atoms with E-state index >= 15 is 0 Å². The molecule has 0 saturated carbocycles. The van der Waals surface area contributed by atoms with Gasteiger partial charge in [0.2, 0.25) is 0 Å². The van der Waals surface area contributed by atoms with Crippen LogP contribution >= 0.6 is 22.6 Å². The molecule has 0 amide bonds. The number of aromatic carboxylic acids is 1. The molecule has 0 atom stereocenters. The molecule has 0 spiro atoms. The Morgan fingerprint density at radius 2 is 2.27 bits per heavy atom. The summed E-state index contributed by atoms with van der Waals surface area (Å²) in [7, 11) is 0. The van der Waals surface area contributed by atoms with Crippen LogP contribution in [-0.2, 0) is 0 Å². The zero-order valence-corrected chi connectivity index (χ0v) is 10.0. The molecule has 0 unspecified atom stereocenters. The van der Waals surface area contributed by atoms with Crippen molar-refractivity contribution < 1.29 is 39.5 Å². The van der Waals surface area contributed by atoms with Crippen LogP contribution in [0.4, 0.5) is 0 Å². The number of carbonyl (C=O) groups excluding carboxylic acids is 1. The van der Waals surface area contributed by atoms with Crippen molar-refractivity contribution in [3.05, 3.63) is 27.6 Å². The monoisotopic (exact) mass is 271 g/mol. The van der Waals surface area contributed by atoms with Gasteiger partial charge in [-0.15, -0.1) is 0 Å². The van der Waals surface area contributed by atoms with E-state index in [9.17, 15) is 9.90 Å². The van der Waals surface area contributed by atoms with Crippen LogP contribution in [0.5, 0.6) is 0 Å². The van der Waals surface area contributed by atoms with E-state index in [1.54, 1.807) is 0 Å². The zero-order chi connectivity index (χ0) is 7.56. The van der Waals surface area contributed by atoms with Crippen LogP contribution in [0.3, 0.4) is 0 Å². The summed E-state index contributed by atoms with van der Waals surface area (Å²) in [6.07, 6.45) is 1.44. The fraction of sp³-hybridized carbons (Fsp3) is 0. The molecule has 0 aromatic carbocycles. The SMILES string of the molecule is O=C([O-])c1ccnc(I)c1.[Na+]. The first-order valence-corrected chi connectivity index (χ1v) is 3.61. The predicted molar refractivity (Wildman–Crippen MR) is 41.3 cm³/mol. The van der Waals surface area contributed by atoms with Gasteiger partial charge in [0, 0.05) is 11.8 Å². The van der Waals surface area contributed by atoms with Gasteiger partial charge < -0.3 is 9.90 Å². The molecule has 52 valence electrons. The smallest absolute Gasteiger partial charge is 0.545 e. The van der Waals surface area contributed by atoms with Crippen molar-refractivity contribution in [1.82, 2.24) is 4.98 Å². The van der Waals surface area contributed by atoms with E-state index in [1.165, 1.54) is 18.3 Å². The fourth-order valence-electron chi connectivity index (χ4n) is 0.529. The zero-order valence-electron chi connectivity index (χ0n) is 5.87. The number of rotatable bonds is 1. The molecule has 0 aliphatic rings. The minimum atomic E-state index is -1.17. The predicted octanol–water partition coefficient (Wildman–Crippen LogP) is -2.95. The summed E-state index contributed by atoms with van der Waals surface area (Å²) in [5, 5.41) is 10.2. The Morgan fingerprint density at radius 1 is 1.64 bits per heavy atom. The Bertz CT molecular complexity index is 267. The summed E-state index contributed by atoms with van der Waals surface area (Å²) in [6, 6.07) is 2.85. The summed E-state index contributed by atoms with van der Waals surface area (Å²) in [5.74, 6) is -1.17. The second kappa shape index (κ2) is 5.08. The topological polar surface area (TPSA) is 53.0 Å². The molecule has 0 radical (unpaired) electrons. The molecule has 0 fully saturated rings. The Hall–Kier alpha value is 0.350. The summed E-state index contributed by atoms with van der Waals surface area (Å²) in [4.78, 5) is 14.0. The molecule has 1 heterocycles. The van der Waals surface area contributed by atoms with E-state index in [2.05, 4.69) is 4.98 Å². The van der Waals surface area contributed by atoms with Gasteiger partial charge in [-0.2, -0.15) is 0 Å². The van der Waals surface area contributed by atoms with Gasteiger partial charge in [-0.1, -0.05) is 0 Å². The van der Waals surface area contributed by atoms with Gasteiger partial charge in [-0.25, -0.2) is 0 Å². The van der Waals surface area contributed by atoms with E-state index in [-0.39, 0.29) is 35.1 Å². The van der Waals surface area contributed by atoms with Gasteiger partial charge in [-0.05, 0) is 34.7 Å². The van der Waals surface area contributed by atoms with Crippen LogP contribution in [0.15, 0.2) is 18.3 Å². The maximum absolute atomic E-state index is 10.2. The van der Waals surface area contributed by atoms with E-state index in [1.807, 2.05) is 22.6 Å². The van der Waals surface area contributed by atoms with E-state index in [0.717, 1.165) is 0 Å². The number of carboxylic acids is 1. The minimum absolute atomic E-state index is 0. The van der Waals surface area contributed by atoms with Crippen LogP contribution < -0.4 is 34.7 Å². The molecule has 1 rings (SSSR count). The number of pyridine rings is 1. The van der Waals surface area contributed by atoms with Crippen molar-refractivity contribution in [2.75, 3.05) is 0 Å². The van der Waals surface area contributed by atoms with Gasteiger partial charge in [0.25, 0.3) is 0 Å². The fourth-order valence-corrected chi connectivity index (χ4v) is 1.03. The first-order chi connectivity index (χ1) is 4.70. The molecule has 0 N–H and O–H groups in total. The molecule has 3 nitrogen and oxygen atoms in total. The molecule has 0 bridgehead atoms. The van der Waals surface area contributed by atoms with Crippen LogP contribution in [0.25, 0.3) is 0 Å². The molecule has 0 aliphatic carbocycles. The van der Waals surface area contributed by atoms with E-state index in [0.29, 0.717) is 3.70 Å². The molecule has 0 saturated heterocycles. The molecule has 1 aromatic heterocycles. The van der Waals surface area contributed by atoms with Gasteiger partial charge in [0.1, 0.15) is 3.70 Å². The average Bonchev–Trinajstić information content (AvgIpc) is 1.88. The molecule has 0 aliphatic heterocycles. The largest absolute Gasteiger partial charge is 1.00 e. The van der Waals surface area contributed by atoms with Crippen molar-refractivity contribution in [2.24, 2.45) is 0 Å². The number of hydrogen-bond acceptors (Lipinski definition) is 3. The number of nitrogens with zero attached hydrogens (tertiary/aromatic N) is 1. The standard InChI is InChI=1S/C6H4INO2.Na/c7-5-3-4(6(9)10)1-2-8-5;/h1-3H,(H,9,10);/q;+1/p-1. The first-order valence-electron chi connectivity index (χ1n) is 2.53. The summed E-state index contributed by atoms with van der Waals surface area (Å²) in [6.45, 7) is 0. The minimum Gasteiger partial charge on any atom is -0.545 e. The normalized spacial score (nSPS) is 8.45. The van der Waals surface area contributed by atoms with Crippen LogP contribution in [-0.4, -0.2) is 11.0 Å².